The zero-order valence-corrected chi connectivity index (χ0v) is 6.63. The van der Waals surface area contributed by atoms with Crippen LogP contribution in [0.15, 0.2) is 11.0 Å². The molecule has 1 rings (SSSR count). The molecule has 1 unspecified atom stereocenters. The highest BCUT2D eigenvalue weighted by atomic mass is 32.2. The molecule has 0 amide bonds. The van der Waals surface area contributed by atoms with Gasteiger partial charge in [-0.15, -0.1) is 11.8 Å². The molecule has 0 aromatic rings. The normalized spacial score (nSPS) is 22.8. The van der Waals surface area contributed by atoms with Crippen molar-refractivity contribution in [1.29, 1.82) is 0 Å². The summed E-state index contributed by atoms with van der Waals surface area (Å²) in [4.78, 5) is 13.4. The second kappa shape index (κ2) is 2.90. The quantitative estimate of drug-likeness (QED) is 0.466. The largest absolute Gasteiger partial charge is 0.480 e. The summed E-state index contributed by atoms with van der Waals surface area (Å²) in [6.45, 7) is 1.71. The molecule has 11 heavy (non-hydrogen) atoms. The van der Waals surface area contributed by atoms with Crippen LogP contribution < -0.4 is 0 Å². The third-order valence-electron chi connectivity index (χ3n) is 1.37. The van der Waals surface area contributed by atoms with Gasteiger partial charge in [0.15, 0.2) is 0 Å². The number of aliphatic carboxylic acids is 1. The van der Waals surface area contributed by atoms with Crippen molar-refractivity contribution in [1.82, 2.24) is 0 Å². The van der Waals surface area contributed by atoms with Crippen LogP contribution >= 0.6 is 11.8 Å². The lowest BCUT2D eigenvalue weighted by molar-refractivity contribution is -0.135. The lowest BCUT2D eigenvalue weighted by Gasteiger charge is -1.94. The second-order valence-electron chi connectivity index (χ2n) is 2.14. The molecule has 1 heterocycles. The number of hydrogen-bond donors (Lipinski definition) is 1. The molecule has 1 aliphatic rings. The fourth-order valence-corrected chi connectivity index (χ4v) is 1.75. The van der Waals surface area contributed by atoms with E-state index in [0.29, 0.717) is 5.57 Å². The number of thioether (sulfide) groups is 1. The Morgan fingerprint density at radius 1 is 1.91 bits per heavy atom. The lowest BCUT2D eigenvalue weighted by Crippen LogP contribution is -2.24. The van der Waals surface area contributed by atoms with Crippen molar-refractivity contribution in [3.63, 3.8) is 0 Å². The Bertz CT molecular complexity index is 278. The first kappa shape index (κ1) is 8.04. The Hall–Kier alpha value is -1.06. The Balaban J connectivity index is 2.95. The summed E-state index contributed by atoms with van der Waals surface area (Å²) in [5, 5.41) is 9.52. The molecule has 0 saturated heterocycles. The Morgan fingerprint density at radius 3 is 2.91 bits per heavy atom. The Labute approximate surface area is 67.5 Å². The van der Waals surface area contributed by atoms with Gasteiger partial charge in [-0.05, 0) is 12.3 Å². The summed E-state index contributed by atoms with van der Waals surface area (Å²) in [6, 6.07) is 0. The molecule has 0 saturated carbocycles. The SMILES string of the molecule is CC1=CSC(C(=O)O)C1=[N+]=[N-]. The van der Waals surface area contributed by atoms with Crippen LogP contribution in [0.1, 0.15) is 6.92 Å². The van der Waals surface area contributed by atoms with E-state index in [9.17, 15) is 4.79 Å². The summed E-state index contributed by atoms with van der Waals surface area (Å²) >= 11 is 1.14. The maximum atomic E-state index is 10.5. The molecule has 0 fully saturated rings. The van der Waals surface area contributed by atoms with E-state index in [0.717, 1.165) is 11.8 Å². The van der Waals surface area contributed by atoms with Crippen molar-refractivity contribution >= 4 is 23.4 Å². The van der Waals surface area contributed by atoms with Gasteiger partial charge in [-0.25, -0.2) is 0 Å². The average molecular weight is 170 g/mol. The van der Waals surface area contributed by atoms with Crippen LogP contribution in [-0.4, -0.2) is 26.8 Å². The van der Waals surface area contributed by atoms with E-state index in [2.05, 4.69) is 4.79 Å². The van der Waals surface area contributed by atoms with Crippen molar-refractivity contribution in [2.45, 2.75) is 12.2 Å². The Kier molecular flexibility index (Phi) is 2.12. The molecule has 0 radical (unpaired) electrons. The van der Waals surface area contributed by atoms with Crippen molar-refractivity contribution in [2.75, 3.05) is 0 Å². The molecule has 0 aromatic heterocycles. The predicted octanol–water partition coefficient (Wildman–Crippen LogP) is 0.761. The smallest absolute Gasteiger partial charge is 0.329 e. The van der Waals surface area contributed by atoms with E-state index in [4.69, 9.17) is 10.6 Å². The van der Waals surface area contributed by atoms with Gasteiger partial charge in [-0.3, -0.25) is 4.79 Å². The molecule has 0 aromatic carbocycles. The molecule has 4 nitrogen and oxygen atoms in total. The standard InChI is InChI=1S/C6H6N2O2S/c1-3-2-11-5(6(9)10)4(3)8-7/h2,5H,1H3,(H,9,10). The van der Waals surface area contributed by atoms with E-state index >= 15 is 0 Å². The van der Waals surface area contributed by atoms with E-state index in [1.807, 2.05) is 0 Å². The van der Waals surface area contributed by atoms with Crippen LogP contribution in [0.3, 0.4) is 0 Å². The van der Waals surface area contributed by atoms with Gasteiger partial charge in [-0.2, -0.15) is 4.79 Å². The van der Waals surface area contributed by atoms with E-state index in [-0.39, 0.29) is 5.71 Å². The van der Waals surface area contributed by atoms with Gasteiger partial charge in [0.05, 0.1) is 0 Å². The maximum absolute atomic E-state index is 10.5. The zero-order valence-electron chi connectivity index (χ0n) is 5.81. The van der Waals surface area contributed by atoms with Gasteiger partial charge in [0.2, 0.25) is 5.25 Å². The minimum atomic E-state index is -0.976. The summed E-state index contributed by atoms with van der Waals surface area (Å²) in [5.41, 5.74) is 9.38. The fraction of sp³-hybridized carbons (Fsp3) is 0.333. The Morgan fingerprint density at radius 2 is 2.55 bits per heavy atom. The molecular weight excluding hydrogens is 164 g/mol. The number of carboxylic acids is 1. The van der Waals surface area contributed by atoms with Crippen molar-refractivity contribution in [2.24, 2.45) is 0 Å². The molecular formula is C6H6N2O2S. The number of rotatable bonds is 1. The zero-order chi connectivity index (χ0) is 8.43. The first-order chi connectivity index (χ1) is 5.16. The minimum Gasteiger partial charge on any atom is -0.480 e. The third-order valence-corrected chi connectivity index (χ3v) is 2.55. The van der Waals surface area contributed by atoms with Crippen LogP contribution in [-0.2, 0) is 4.79 Å². The van der Waals surface area contributed by atoms with Gasteiger partial charge >= 0.3 is 11.7 Å². The van der Waals surface area contributed by atoms with Crippen molar-refractivity contribution < 1.29 is 14.7 Å². The monoisotopic (exact) mass is 170 g/mol. The van der Waals surface area contributed by atoms with Crippen LogP contribution in [0.2, 0.25) is 0 Å². The topological polar surface area (TPSA) is 73.7 Å². The van der Waals surface area contributed by atoms with E-state index in [1.165, 1.54) is 0 Å². The van der Waals surface area contributed by atoms with Gasteiger partial charge in [-0.1, -0.05) is 0 Å². The highest BCUT2D eigenvalue weighted by molar-refractivity contribution is 8.04. The van der Waals surface area contributed by atoms with Crippen LogP contribution in [0.25, 0.3) is 5.53 Å². The van der Waals surface area contributed by atoms with Crippen LogP contribution in [0.4, 0.5) is 0 Å². The summed E-state index contributed by atoms with van der Waals surface area (Å²) < 4.78 is 0. The van der Waals surface area contributed by atoms with E-state index in [1.54, 1.807) is 12.3 Å². The first-order valence-electron chi connectivity index (χ1n) is 2.94. The minimum absolute atomic E-state index is 0.238. The fourth-order valence-electron chi connectivity index (χ4n) is 0.808. The molecule has 0 aliphatic carbocycles. The third kappa shape index (κ3) is 1.34. The highest BCUT2D eigenvalue weighted by Crippen LogP contribution is 2.26. The van der Waals surface area contributed by atoms with Crippen molar-refractivity contribution in [3.8, 4) is 0 Å². The molecule has 58 valence electrons. The van der Waals surface area contributed by atoms with Crippen LogP contribution in [0, 0.1) is 0 Å². The molecule has 1 N–H and O–H groups in total. The number of hydrogen-bond acceptors (Lipinski definition) is 2. The maximum Gasteiger partial charge on any atom is 0.329 e. The molecule has 0 spiro atoms. The number of carboxylic acid groups (broad SMARTS) is 1. The number of allylic oxidation sites excluding steroid dienone is 1. The summed E-state index contributed by atoms with van der Waals surface area (Å²) in [5.74, 6) is -0.976. The number of carbonyl (C=O) groups is 1. The molecule has 0 bridgehead atoms. The summed E-state index contributed by atoms with van der Waals surface area (Å²) in [7, 11) is 0. The molecule has 5 heteroatoms. The van der Waals surface area contributed by atoms with E-state index < -0.39 is 11.2 Å². The van der Waals surface area contributed by atoms with Gasteiger partial charge in [0.1, 0.15) is 0 Å². The molecule has 1 atom stereocenters. The van der Waals surface area contributed by atoms with Gasteiger partial charge < -0.3 is 10.6 Å². The number of nitrogens with zero attached hydrogens (tertiary/aromatic N) is 2. The van der Waals surface area contributed by atoms with Crippen molar-refractivity contribution in [3.05, 3.63) is 16.5 Å². The average Bonchev–Trinajstić information content (AvgIpc) is 2.30. The first-order valence-corrected chi connectivity index (χ1v) is 3.88. The second-order valence-corrected chi connectivity index (χ2v) is 3.12. The predicted molar refractivity (Wildman–Crippen MR) is 41.4 cm³/mol. The molecule has 1 aliphatic heterocycles. The summed E-state index contributed by atoms with van der Waals surface area (Å²) in [6.07, 6.45) is 0. The van der Waals surface area contributed by atoms with Gasteiger partial charge in [0, 0.05) is 5.57 Å². The van der Waals surface area contributed by atoms with Gasteiger partial charge in [0.25, 0.3) is 0 Å². The van der Waals surface area contributed by atoms with Crippen LogP contribution in [0.5, 0.6) is 0 Å². The highest BCUT2D eigenvalue weighted by Gasteiger charge is 2.36. The lowest BCUT2D eigenvalue weighted by atomic mass is 10.1.